The first-order chi connectivity index (χ1) is 14.2. The van der Waals surface area contributed by atoms with Crippen LogP contribution in [-0.4, -0.2) is 3.21 Å². The molecule has 0 nitrogen and oxygen atoms in total. The van der Waals surface area contributed by atoms with Crippen molar-refractivity contribution in [3.63, 3.8) is 0 Å². The zero-order valence-corrected chi connectivity index (χ0v) is 23.7. The molecule has 0 N–H and O–H groups in total. The van der Waals surface area contributed by atoms with Crippen molar-refractivity contribution >= 4 is 15.4 Å². The second-order valence-electron chi connectivity index (χ2n) is 8.75. The number of rotatable bonds is 2. The third kappa shape index (κ3) is 8.86. The summed E-state index contributed by atoms with van der Waals surface area (Å²) >= 11 is 1.55. The molecule has 1 aliphatic carbocycles. The zero-order chi connectivity index (χ0) is 22.3. The van der Waals surface area contributed by atoms with Crippen LogP contribution >= 0.6 is 0 Å². The van der Waals surface area contributed by atoms with Crippen molar-refractivity contribution in [2.45, 2.75) is 46.5 Å². The Morgan fingerprint density at radius 2 is 1.59 bits per heavy atom. The van der Waals surface area contributed by atoms with Crippen LogP contribution in [0.15, 0.2) is 67.8 Å². The molecule has 0 unspecified atom stereocenters. The Morgan fingerprint density at radius 3 is 2.06 bits per heavy atom. The average Bonchev–Trinajstić information content (AvgIpc) is 3.35. The molecule has 3 aromatic carbocycles. The van der Waals surface area contributed by atoms with Crippen LogP contribution in [0.5, 0.6) is 0 Å². The fourth-order valence-electron chi connectivity index (χ4n) is 3.24. The SMILES string of the molecule is C=Cc1c[c-]c2c(c1)-c1cc(C=C)ccc1C2.CC(C)(C)c1cc[cH-]c1.C[C](C)=[Zr+2].[Cl-].[Cl-]. The number of halogens is 2. The Labute approximate surface area is 222 Å². The van der Waals surface area contributed by atoms with Crippen molar-refractivity contribution in [2.75, 3.05) is 0 Å². The van der Waals surface area contributed by atoms with E-state index in [9.17, 15) is 0 Å². The van der Waals surface area contributed by atoms with E-state index in [-0.39, 0.29) is 24.8 Å². The Morgan fingerprint density at radius 1 is 1.00 bits per heavy atom. The molecule has 32 heavy (non-hydrogen) atoms. The van der Waals surface area contributed by atoms with E-state index in [0.29, 0.717) is 5.41 Å². The second-order valence-corrected chi connectivity index (χ2v) is 11.2. The van der Waals surface area contributed by atoms with Crippen LogP contribution in [0.25, 0.3) is 23.3 Å². The maximum atomic E-state index is 3.82. The summed E-state index contributed by atoms with van der Waals surface area (Å²) < 4.78 is 1.51. The van der Waals surface area contributed by atoms with Gasteiger partial charge in [0.2, 0.25) is 0 Å². The Kier molecular flexibility index (Phi) is 13.4. The van der Waals surface area contributed by atoms with Crippen LogP contribution in [0.2, 0.25) is 0 Å². The molecule has 0 spiro atoms. The quantitative estimate of drug-likeness (QED) is 0.339. The molecule has 3 heteroatoms. The van der Waals surface area contributed by atoms with E-state index in [1.54, 1.807) is 24.2 Å². The average molecular weight is 543 g/mol. The monoisotopic (exact) mass is 540 g/mol. The van der Waals surface area contributed by atoms with E-state index in [0.717, 1.165) is 12.0 Å². The van der Waals surface area contributed by atoms with E-state index in [1.807, 2.05) is 18.2 Å². The molecule has 0 saturated carbocycles. The van der Waals surface area contributed by atoms with Gasteiger partial charge in [0.15, 0.2) is 0 Å². The third-order valence-corrected chi connectivity index (χ3v) is 4.84. The molecule has 0 radical (unpaired) electrons. The minimum Gasteiger partial charge on any atom is -1.00 e. The maximum absolute atomic E-state index is 3.82. The largest absolute Gasteiger partial charge is 1.00 e. The molecule has 0 atom stereocenters. The van der Waals surface area contributed by atoms with Gasteiger partial charge in [-0.25, -0.2) is 6.07 Å². The normalized spacial score (nSPS) is 10.5. The van der Waals surface area contributed by atoms with Gasteiger partial charge in [-0.15, -0.1) is 23.8 Å². The van der Waals surface area contributed by atoms with Crippen LogP contribution < -0.4 is 24.8 Å². The standard InChI is InChI=1S/C17H13.C9H13.C3H6.2ClH.Zr/c1-3-12-5-7-14-11-15-8-6-13(4-2)10-17(15)16(14)9-12;1-9(2,3)8-6-4-5-7-8;1-3-2;;;/h3-7,9-10H,1-2,11H2;4-7H,1-3H3;1-2H3;2*1H;/q2*-1;;;;+2/p-2. The summed E-state index contributed by atoms with van der Waals surface area (Å²) in [5.41, 5.74) is 9.31. The second kappa shape index (κ2) is 14.0. The summed E-state index contributed by atoms with van der Waals surface area (Å²) in [7, 11) is 0. The van der Waals surface area contributed by atoms with Gasteiger partial charge in [-0.3, -0.25) is 0 Å². The van der Waals surface area contributed by atoms with Gasteiger partial charge in [0, 0.05) is 0 Å². The summed E-state index contributed by atoms with van der Waals surface area (Å²) in [5.74, 6) is 0. The minimum absolute atomic E-state index is 0. The van der Waals surface area contributed by atoms with Crippen molar-refractivity contribution in [3.05, 3.63) is 102 Å². The van der Waals surface area contributed by atoms with Gasteiger partial charge in [0.05, 0.1) is 0 Å². The van der Waals surface area contributed by atoms with E-state index in [1.165, 1.54) is 36.6 Å². The fraction of sp³-hybridized carbons (Fsp3) is 0.241. The molecule has 0 amide bonds. The predicted octanol–water partition coefficient (Wildman–Crippen LogP) is 1.80. The van der Waals surface area contributed by atoms with Gasteiger partial charge in [-0.05, 0) is 12.0 Å². The molecule has 168 valence electrons. The summed E-state index contributed by atoms with van der Waals surface area (Å²) in [6.45, 7) is 18.6. The molecule has 4 rings (SSSR count). The van der Waals surface area contributed by atoms with Crippen molar-refractivity contribution in [1.29, 1.82) is 0 Å². The van der Waals surface area contributed by atoms with Crippen LogP contribution in [0.1, 0.15) is 62.4 Å². The third-order valence-electron chi connectivity index (χ3n) is 4.84. The first-order valence-corrected chi connectivity index (χ1v) is 11.6. The van der Waals surface area contributed by atoms with E-state index < -0.39 is 0 Å². The summed E-state index contributed by atoms with van der Waals surface area (Å²) in [5, 5.41) is 0. The molecular formula is C29H32Cl2Zr-2. The molecule has 0 fully saturated rings. The Bertz CT molecular complexity index is 962. The molecule has 0 bridgehead atoms. The predicted molar refractivity (Wildman–Crippen MR) is 131 cm³/mol. The van der Waals surface area contributed by atoms with Crippen molar-refractivity contribution in [3.8, 4) is 11.1 Å². The van der Waals surface area contributed by atoms with Crippen LogP contribution in [0.3, 0.4) is 0 Å². The number of hydrogen-bond donors (Lipinski definition) is 0. The number of hydrogen-bond acceptors (Lipinski definition) is 0. The van der Waals surface area contributed by atoms with Crippen molar-refractivity contribution in [2.24, 2.45) is 0 Å². The molecule has 0 heterocycles. The van der Waals surface area contributed by atoms with Crippen molar-refractivity contribution < 1.29 is 49.0 Å². The molecule has 1 aliphatic rings. The van der Waals surface area contributed by atoms with Crippen LogP contribution in [-0.2, 0) is 36.1 Å². The van der Waals surface area contributed by atoms with Gasteiger partial charge in [0.25, 0.3) is 0 Å². The Hall–Kier alpha value is -1.40. The number of benzene rings is 2. The van der Waals surface area contributed by atoms with Gasteiger partial charge < -0.3 is 24.8 Å². The molecule has 0 aromatic heterocycles. The van der Waals surface area contributed by atoms with Crippen molar-refractivity contribution in [1.82, 2.24) is 0 Å². The summed E-state index contributed by atoms with van der Waals surface area (Å²) in [6.07, 6.45) is 4.74. The smallest absolute Gasteiger partial charge is 1.00 e. The van der Waals surface area contributed by atoms with E-state index in [4.69, 9.17) is 0 Å². The fourth-order valence-corrected chi connectivity index (χ4v) is 3.24. The minimum atomic E-state index is 0. The summed E-state index contributed by atoms with van der Waals surface area (Å²) in [4.78, 5) is 0. The first kappa shape index (κ1) is 30.6. The van der Waals surface area contributed by atoms with E-state index in [2.05, 4.69) is 102 Å². The van der Waals surface area contributed by atoms with Crippen LogP contribution in [0, 0.1) is 6.07 Å². The van der Waals surface area contributed by atoms with Gasteiger partial charge in [-0.1, -0.05) is 68.2 Å². The topological polar surface area (TPSA) is 0 Å². The zero-order valence-electron chi connectivity index (χ0n) is 19.7. The maximum Gasteiger partial charge on any atom is -1.00 e. The van der Waals surface area contributed by atoms with E-state index >= 15 is 0 Å². The van der Waals surface area contributed by atoms with Gasteiger partial charge in [-0.2, -0.15) is 47.5 Å². The Balaban J connectivity index is 0.000000547. The summed E-state index contributed by atoms with van der Waals surface area (Å²) in [6, 6.07) is 22.6. The molecule has 3 aromatic rings. The molecule has 0 saturated heterocycles. The molecular weight excluding hydrogens is 510 g/mol. The van der Waals surface area contributed by atoms with Gasteiger partial charge in [0.1, 0.15) is 0 Å². The van der Waals surface area contributed by atoms with Crippen LogP contribution in [0.4, 0.5) is 0 Å². The molecule has 0 aliphatic heterocycles. The first-order valence-electron chi connectivity index (χ1n) is 10.3. The number of fused-ring (bicyclic) bond motifs is 3. The van der Waals surface area contributed by atoms with Gasteiger partial charge >= 0.3 is 41.3 Å².